The van der Waals surface area contributed by atoms with E-state index >= 15 is 0 Å². The highest BCUT2D eigenvalue weighted by atomic mass is 35.5. The normalized spacial score (nSPS) is 11.2. The van der Waals surface area contributed by atoms with E-state index in [2.05, 4.69) is 4.98 Å². The quantitative estimate of drug-likeness (QED) is 0.377. The zero-order chi connectivity index (χ0) is 20.0. The number of aryl methyl sites for hydroxylation is 1. The van der Waals surface area contributed by atoms with Crippen LogP contribution in [0.3, 0.4) is 0 Å². The van der Waals surface area contributed by atoms with E-state index in [9.17, 15) is 4.79 Å². The van der Waals surface area contributed by atoms with E-state index in [1.54, 1.807) is 24.3 Å². The van der Waals surface area contributed by atoms with Crippen LogP contribution in [0.5, 0.6) is 11.8 Å². The van der Waals surface area contributed by atoms with Gasteiger partial charge in [-0.15, -0.1) is 0 Å². The van der Waals surface area contributed by atoms with E-state index in [1.165, 1.54) is 4.57 Å². The van der Waals surface area contributed by atoms with E-state index in [-0.39, 0.29) is 17.2 Å². The molecule has 0 fully saturated rings. The molecule has 0 unspecified atom stereocenters. The van der Waals surface area contributed by atoms with Crippen LogP contribution in [0.1, 0.15) is 5.56 Å². The largest absolute Gasteiger partial charge is 0.448 e. The van der Waals surface area contributed by atoms with Crippen molar-refractivity contribution in [3.63, 3.8) is 0 Å². The molecular weight excluding hydrogens is 388 g/mol. The van der Waals surface area contributed by atoms with Gasteiger partial charge in [0.2, 0.25) is 5.58 Å². The Balaban J connectivity index is 1.80. The number of hydrogen-bond donors (Lipinski definition) is 0. The zero-order valence-corrected chi connectivity index (χ0v) is 16.2. The van der Waals surface area contributed by atoms with Gasteiger partial charge in [-0.2, -0.15) is 4.98 Å². The van der Waals surface area contributed by atoms with Gasteiger partial charge in [0.15, 0.2) is 0 Å². The topological polar surface area (TPSA) is 57.3 Å². The van der Waals surface area contributed by atoms with Gasteiger partial charge < -0.3 is 9.15 Å². The molecule has 0 spiro atoms. The summed E-state index contributed by atoms with van der Waals surface area (Å²) >= 11 is 5.97. The molecule has 2 aromatic heterocycles. The molecule has 0 aliphatic rings. The highest BCUT2D eigenvalue weighted by molar-refractivity contribution is 6.30. The van der Waals surface area contributed by atoms with Gasteiger partial charge in [0.25, 0.3) is 0 Å². The average molecular weight is 403 g/mol. The van der Waals surface area contributed by atoms with Crippen LogP contribution in [0.25, 0.3) is 27.8 Å². The summed E-state index contributed by atoms with van der Waals surface area (Å²) in [6.07, 6.45) is 0. The zero-order valence-electron chi connectivity index (χ0n) is 15.4. The van der Waals surface area contributed by atoms with Crippen molar-refractivity contribution in [2.45, 2.75) is 6.92 Å². The molecule has 5 aromatic rings. The van der Waals surface area contributed by atoms with Crippen LogP contribution < -0.4 is 10.3 Å². The molecule has 3 aromatic carbocycles. The summed E-state index contributed by atoms with van der Waals surface area (Å²) in [4.78, 5) is 18.0. The van der Waals surface area contributed by atoms with Crippen LogP contribution in [0.15, 0.2) is 82.0 Å². The second-order valence-corrected chi connectivity index (χ2v) is 7.14. The van der Waals surface area contributed by atoms with Crippen molar-refractivity contribution < 1.29 is 9.15 Å². The van der Waals surface area contributed by atoms with Gasteiger partial charge in [-0.1, -0.05) is 41.4 Å². The number of hydrogen-bond acceptors (Lipinski definition) is 4. The van der Waals surface area contributed by atoms with Gasteiger partial charge in [0.1, 0.15) is 16.8 Å². The van der Waals surface area contributed by atoms with Gasteiger partial charge in [0.05, 0.1) is 5.69 Å². The molecule has 29 heavy (non-hydrogen) atoms. The molecule has 0 aliphatic carbocycles. The van der Waals surface area contributed by atoms with E-state index in [1.807, 2.05) is 55.5 Å². The lowest BCUT2D eigenvalue weighted by Crippen LogP contribution is -2.20. The number of halogens is 1. The molecule has 0 atom stereocenters. The summed E-state index contributed by atoms with van der Waals surface area (Å²) in [6, 6.07) is 22.0. The summed E-state index contributed by atoms with van der Waals surface area (Å²) < 4.78 is 13.2. The maximum atomic E-state index is 13.4. The Morgan fingerprint density at radius 1 is 0.966 bits per heavy atom. The lowest BCUT2D eigenvalue weighted by molar-refractivity contribution is 0.426. The smallest absolute Gasteiger partial charge is 0.310 e. The second-order valence-electron chi connectivity index (χ2n) is 6.70. The fraction of sp³-hybridized carbons (Fsp3) is 0.0435. The summed E-state index contributed by atoms with van der Waals surface area (Å²) in [5, 5.41) is 1.36. The predicted octanol–water partition coefficient (Wildman–Crippen LogP) is 5.89. The van der Waals surface area contributed by atoms with Crippen molar-refractivity contribution in [2.75, 3.05) is 0 Å². The molecule has 142 valence electrons. The van der Waals surface area contributed by atoms with Crippen molar-refractivity contribution in [1.82, 2.24) is 9.55 Å². The minimum absolute atomic E-state index is 0.153. The van der Waals surface area contributed by atoms with Crippen LogP contribution in [-0.4, -0.2) is 9.55 Å². The third-order valence-corrected chi connectivity index (χ3v) is 4.93. The summed E-state index contributed by atoms with van der Waals surface area (Å²) in [6.45, 7) is 1.98. The molecule has 0 saturated heterocycles. The van der Waals surface area contributed by atoms with Crippen molar-refractivity contribution in [3.05, 3.63) is 93.7 Å². The number of rotatable bonds is 3. The van der Waals surface area contributed by atoms with Crippen molar-refractivity contribution >= 4 is 33.7 Å². The first-order valence-electron chi connectivity index (χ1n) is 9.05. The number of furan rings is 1. The van der Waals surface area contributed by atoms with Crippen LogP contribution >= 0.6 is 11.6 Å². The number of benzene rings is 3. The monoisotopic (exact) mass is 402 g/mol. The van der Waals surface area contributed by atoms with Crippen LogP contribution in [0.2, 0.25) is 5.02 Å². The lowest BCUT2D eigenvalue weighted by atomic mass is 10.2. The molecule has 6 heteroatoms. The molecule has 0 saturated carbocycles. The Morgan fingerprint density at radius 2 is 1.69 bits per heavy atom. The molecule has 2 heterocycles. The first-order chi connectivity index (χ1) is 14.1. The fourth-order valence-corrected chi connectivity index (χ4v) is 3.35. The Hall–Kier alpha value is -3.57. The Kier molecular flexibility index (Phi) is 4.11. The predicted molar refractivity (Wildman–Crippen MR) is 113 cm³/mol. The van der Waals surface area contributed by atoms with Crippen LogP contribution in [0.4, 0.5) is 0 Å². The van der Waals surface area contributed by atoms with Crippen molar-refractivity contribution in [1.29, 1.82) is 0 Å². The minimum Gasteiger partial charge on any atom is -0.448 e. The second kappa shape index (κ2) is 6.79. The van der Waals surface area contributed by atoms with Crippen LogP contribution in [-0.2, 0) is 0 Å². The highest BCUT2D eigenvalue weighted by Gasteiger charge is 2.20. The van der Waals surface area contributed by atoms with Gasteiger partial charge in [-0.3, -0.25) is 4.79 Å². The molecule has 0 radical (unpaired) electrons. The van der Waals surface area contributed by atoms with E-state index in [0.717, 1.165) is 10.9 Å². The molecule has 0 N–H and O–H groups in total. The third-order valence-electron chi connectivity index (χ3n) is 4.68. The Morgan fingerprint density at radius 3 is 2.45 bits per heavy atom. The van der Waals surface area contributed by atoms with E-state index in [0.29, 0.717) is 27.6 Å². The van der Waals surface area contributed by atoms with Gasteiger partial charge in [0, 0.05) is 10.4 Å². The Bertz CT molecular complexity index is 1400. The molecule has 5 nitrogen and oxygen atoms in total. The first kappa shape index (κ1) is 17.5. The fourth-order valence-electron chi connectivity index (χ4n) is 3.22. The molecule has 5 rings (SSSR count). The minimum atomic E-state index is -0.334. The maximum absolute atomic E-state index is 13.4. The number of fused-ring (bicyclic) bond motifs is 3. The SMILES string of the molecule is Cc1ccc(-n2c(Oc3ccc(Cl)cc3)nc3c(oc4ccccc43)c2=O)cc1. The number of aromatic nitrogens is 2. The van der Waals surface area contributed by atoms with Crippen molar-refractivity contribution in [2.24, 2.45) is 0 Å². The van der Waals surface area contributed by atoms with Gasteiger partial charge >= 0.3 is 11.6 Å². The van der Waals surface area contributed by atoms with Crippen LogP contribution in [0, 0.1) is 6.92 Å². The number of nitrogens with zero attached hydrogens (tertiary/aromatic N) is 2. The van der Waals surface area contributed by atoms with Gasteiger partial charge in [-0.25, -0.2) is 4.57 Å². The van der Waals surface area contributed by atoms with Gasteiger partial charge in [-0.05, 0) is 55.5 Å². The molecule has 0 bridgehead atoms. The van der Waals surface area contributed by atoms with Crippen molar-refractivity contribution in [3.8, 4) is 17.4 Å². The number of ether oxygens (including phenoxy) is 1. The summed E-state index contributed by atoms with van der Waals surface area (Å²) in [5.74, 6) is 0.523. The highest BCUT2D eigenvalue weighted by Crippen LogP contribution is 2.29. The molecule has 0 aliphatic heterocycles. The average Bonchev–Trinajstić information content (AvgIpc) is 3.10. The van der Waals surface area contributed by atoms with E-state index < -0.39 is 0 Å². The standard InChI is InChI=1S/C23H15ClN2O3/c1-14-6-10-16(11-7-14)26-22(27)21-20(18-4-2-3-5-19(18)29-21)25-23(26)28-17-12-8-15(24)9-13-17/h2-13H,1H3. The molecule has 0 amide bonds. The number of para-hydroxylation sites is 1. The first-order valence-corrected chi connectivity index (χ1v) is 9.43. The third kappa shape index (κ3) is 3.05. The van der Waals surface area contributed by atoms with E-state index in [4.69, 9.17) is 20.8 Å². The molecular formula is C23H15ClN2O3. The summed E-state index contributed by atoms with van der Waals surface area (Å²) in [5.41, 5.74) is 2.65. The summed E-state index contributed by atoms with van der Waals surface area (Å²) in [7, 11) is 0. The lowest BCUT2D eigenvalue weighted by Gasteiger charge is -2.13. The Labute approximate surface area is 170 Å². The maximum Gasteiger partial charge on any atom is 0.310 e.